The van der Waals surface area contributed by atoms with Gasteiger partial charge in [-0.15, -0.1) is 10.2 Å². The highest BCUT2D eigenvalue weighted by Crippen LogP contribution is 1.99. The molecule has 0 aromatic carbocycles. The van der Waals surface area contributed by atoms with Gasteiger partial charge in [0.2, 0.25) is 0 Å². The van der Waals surface area contributed by atoms with Crippen LogP contribution < -0.4 is 0 Å². The van der Waals surface area contributed by atoms with Crippen molar-refractivity contribution in [2.75, 3.05) is 0 Å². The van der Waals surface area contributed by atoms with E-state index in [1.54, 1.807) is 23.0 Å². The van der Waals surface area contributed by atoms with Crippen LogP contribution in [0.15, 0.2) is 24.5 Å². The first-order valence-electron chi connectivity index (χ1n) is 3.17. The molecule has 0 aliphatic heterocycles. The molecule has 54 valence electrons. The van der Waals surface area contributed by atoms with E-state index in [9.17, 15) is 0 Å². The van der Waals surface area contributed by atoms with Crippen LogP contribution in [0, 0.1) is 0 Å². The van der Waals surface area contributed by atoms with Crippen molar-refractivity contribution < 1.29 is 0 Å². The summed E-state index contributed by atoms with van der Waals surface area (Å²) in [6.45, 7) is 3.52. The summed E-state index contributed by atoms with van der Waals surface area (Å²) in [5, 5.41) is 7.50. The van der Waals surface area contributed by atoms with Crippen LogP contribution in [0.5, 0.6) is 0 Å². The number of hydrogen-bond donors (Lipinski definition) is 0. The SMILES string of the molecule is [B]/C(C=C)=C/c1nncn1C. The van der Waals surface area contributed by atoms with Crippen LogP contribution in [-0.4, -0.2) is 22.6 Å². The van der Waals surface area contributed by atoms with Crippen LogP contribution in [0.2, 0.25) is 0 Å². The Morgan fingerprint density at radius 1 is 1.82 bits per heavy atom. The zero-order valence-corrected chi connectivity index (χ0v) is 6.36. The second-order valence-corrected chi connectivity index (χ2v) is 2.15. The molecule has 0 unspecified atom stereocenters. The number of nitrogens with zero attached hydrogens (tertiary/aromatic N) is 3. The topological polar surface area (TPSA) is 30.7 Å². The lowest BCUT2D eigenvalue weighted by Crippen LogP contribution is -1.90. The van der Waals surface area contributed by atoms with E-state index in [2.05, 4.69) is 16.8 Å². The lowest BCUT2D eigenvalue weighted by molar-refractivity contribution is 0.895. The Bertz CT molecular complexity index is 288. The van der Waals surface area contributed by atoms with E-state index in [0.717, 1.165) is 5.82 Å². The van der Waals surface area contributed by atoms with Gasteiger partial charge in [-0.05, 0) is 6.08 Å². The molecule has 0 bridgehead atoms. The molecule has 11 heavy (non-hydrogen) atoms. The van der Waals surface area contributed by atoms with Crippen molar-refractivity contribution in [1.82, 2.24) is 14.8 Å². The predicted octanol–water partition coefficient (Wildman–Crippen LogP) is 0.510. The summed E-state index contributed by atoms with van der Waals surface area (Å²) >= 11 is 0. The molecule has 0 saturated carbocycles. The lowest BCUT2D eigenvalue weighted by atomic mass is 9.95. The minimum atomic E-state index is 0.584. The standard InChI is InChI=1S/C7H8BN3/c1-3-6(8)4-7-10-9-5-11(7)2/h3-5H,1H2,2H3/b6-4+. The maximum atomic E-state index is 5.50. The highest BCUT2D eigenvalue weighted by atomic mass is 15.2. The Kier molecular flexibility index (Phi) is 2.26. The zero-order valence-electron chi connectivity index (χ0n) is 6.36. The summed E-state index contributed by atoms with van der Waals surface area (Å²) in [5.41, 5.74) is 0.584. The van der Waals surface area contributed by atoms with Gasteiger partial charge in [-0.2, -0.15) is 0 Å². The summed E-state index contributed by atoms with van der Waals surface area (Å²) < 4.78 is 1.77. The van der Waals surface area contributed by atoms with Gasteiger partial charge in [0.25, 0.3) is 0 Å². The van der Waals surface area contributed by atoms with Crippen molar-refractivity contribution in [2.24, 2.45) is 7.05 Å². The molecule has 0 fully saturated rings. The molecule has 0 N–H and O–H groups in total. The van der Waals surface area contributed by atoms with Crippen molar-refractivity contribution in [1.29, 1.82) is 0 Å². The smallest absolute Gasteiger partial charge is 0.155 e. The van der Waals surface area contributed by atoms with Gasteiger partial charge in [-0.25, -0.2) is 0 Å². The molecule has 0 atom stereocenters. The van der Waals surface area contributed by atoms with Crippen molar-refractivity contribution in [3.63, 3.8) is 0 Å². The van der Waals surface area contributed by atoms with Gasteiger partial charge in [-0.3, -0.25) is 0 Å². The summed E-state index contributed by atoms with van der Waals surface area (Å²) in [4.78, 5) is 0. The monoisotopic (exact) mass is 145 g/mol. The van der Waals surface area contributed by atoms with Crippen molar-refractivity contribution in [3.8, 4) is 0 Å². The summed E-state index contributed by atoms with van der Waals surface area (Å²) in [5.74, 6) is 0.724. The molecule has 1 heterocycles. The molecule has 0 amide bonds. The van der Waals surface area contributed by atoms with Crippen LogP contribution >= 0.6 is 0 Å². The molecule has 0 spiro atoms. The first-order chi connectivity index (χ1) is 5.24. The normalized spacial score (nSPS) is 11.5. The second-order valence-electron chi connectivity index (χ2n) is 2.15. The molecule has 1 aromatic rings. The van der Waals surface area contributed by atoms with Gasteiger partial charge in [0.15, 0.2) is 5.82 Å². The molecule has 1 rings (SSSR count). The average Bonchev–Trinajstić information content (AvgIpc) is 2.37. The minimum Gasteiger partial charge on any atom is -0.317 e. The number of aromatic nitrogens is 3. The highest BCUT2D eigenvalue weighted by Gasteiger charge is 1.93. The van der Waals surface area contributed by atoms with E-state index < -0.39 is 0 Å². The third-order valence-electron chi connectivity index (χ3n) is 1.28. The Labute approximate surface area is 66.9 Å². The summed E-state index contributed by atoms with van der Waals surface area (Å²) in [6, 6.07) is 0. The van der Waals surface area contributed by atoms with E-state index in [1.807, 2.05) is 7.05 Å². The minimum absolute atomic E-state index is 0.584. The average molecular weight is 145 g/mol. The first-order valence-corrected chi connectivity index (χ1v) is 3.17. The molecule has 0 aliphatic carbocycles. The van der Waals surface area contributed by atoms with Crippen LogP contribution in [0.4, 0.5) is 0 Å². The maximum Gasteiger partial charge on any atom is 0.155 e. The van der Waals surface area contributed by atoms with Crippen LogP contribution in [-0.2, 0) is 7.05 Å². The number of hydrogen-bond acceptors (Lipinski definition) is 2. The fourth-order valence-corrected chi connectivity index (χ4v) is 0.631. The molecule has 0 saturated heterocycles. The van der Waals surface area contributed by atoms with Gasteiger partial charge in [0.05, 0.1) is 0 Å². The molecule has 0 aliphatic rings. The van der Waals surface area contributed by atoms with Gasteiger partial charge >= 0.3 is 0 Å². The van der Waals surface area contributed by atoms with Crippen LogP contribution in [0.1, 0.15) is 5.82 Å². The van der Waals surface area contributed by atoms with Gasteiger partial charge in [0, 0.05) is 7.05 Å². The first kappa shape index (κ1) is 7.79. The van der Waals surface area contributed by atoms with E-state index in [0.29, 0.717) is 5.47 Å². The van der Waals surface area contributed by atoms with Crippen molar-refractivity contribution in [2.45, 2.75) is 0 Å². The van der Waals surface area contributed by atoms with E-state index in [-0.39, 0.29) is 0 Å². The van der Waals surface area contributed by atoms with Crippen molar-refractivity contribution in [3.05, 3.63) is 30.3 Å². The van der Waals surface area contributed by atoms with E-state index in [1.165, 1.54) is 0 Å². The summed E-state index contributed by atoms with van der Waals surface area (Å²) in [6.07, 6.45) is 4.89. The Morgan fingerprint density at radius 2 is 2.55 bits per heavy atom. The quantitative estimate of drug-likeness (QED) is 0.448. The third kappa shape index (κ3) is 1.80. The van der Waals surface area contributed by atoms with E-state index in [4.69, 9.17) is 7.85 Å². The largest absolute Gasteiger partial charge is 0.317 e. The molecule has 4 heteroatoms. The third-order valence-corrected chi connectivity index (χ3v) is 1.28. The zero-order chi connectivity index (χ0) is 8.27. The maximum absolute atomic E-state index is 5.50. The Hall–Kier alpha value is -1.32. The Morgan fingerprint density at radius 3 is 3.00 bits per heavy atom. The number of rotatable bonds is 2. The molecule has 2 radical (unpaired) electrons. The second kappa shape index (κ2) is 3.19. The molecular formula is C7H8BN3. The molecule has 3 nitrogen and oxygen atoms in total. The molecule has 1 aromatic heterocycles. The fraction of sp³-hybridized carbons (Fsp3) is 0.143. The van der Waals surface area contributed by atoms with Gasteiger partial charge in [0.1, 0.15) is 14.2 Å². The predicted molar refractivity (Wildman–Crippen MR) is 44.9 cm³/mol. The highest BCUT2D eigenvalue weighted by molar-refractivity contribution is 6.25. The fourth-order valence-electron chi connectivity index (χ4n) is 0.631. The van der Waals surface area contributed by atoms with Gasteiger partial charge in [-0.1, -0.05) is 18.1 Å². The number of aryl methyl sites for hydroxylation is 1. The summed E-state index contributed by atoms with van der Waals surface area (Å²) in [7, 11) is 7.34. The number of allylic oxidation sites excluding steroid dienone is 2. The van der Waals surface area contributed by atoms with Crippen molar-refractivity contribution >= 4 is 13.9 Å². The van der Waals surface area contributed by atoms with Crippen LogP contribution in [0.25, 0.3) is 6.08 Å². The van der Waals surface area contributed by atoms with Crippen LogP contribution in [0.3, 0.4) is 0 Å². The lowest BCUT2D eigenvalue weighted by Gasteiger charge is -1.92. The van der Waals surface area contributed by atoms with Gasteiger partial charge < -0.3 is 4.57 Å². The van der Waals surface area contributed by atoms with E-state index >= 15 is 0 Å². The molecular weight excluding hydrogens is 137 g/mol. The Balaban J connectivity index is 2.94.